The largest absolute Gasteiger partial charge is 0.480 e. The van der Waals surface area contributed by atoms with Gasteiger partial charge in [0.2, 0.25) is 0 Å². The summed E-state index contributed by atoms with van der Waals surface area (Å²) in [5.41, 5.74) is 10.7. The monoisotopic (exact) mass is 230 g/mol. The molecule has 16 heavy (non-hydrogen) atoms. The van der Waals surface area contributed by atoms with Crippen molar-refractivity contribution in [1.82, 2.24) is 5.73 Å². The fourth-order valence-electron chi connectivity index (χ4n) is 0.950. The highest BCUT2D eigenvalue weighted by molar-refractivity contribution is 5.80. The van der Waals surface area contributed by atoms with Crippen molar-refractivity contribution in [2.75, 3.05) is 6.54 Å². The first-order valence-electron chi connectivity index (χ1n) is 4.88. The second-order valence-electron chi connectivity index (χ2n) is 3.73. The summed E-state index contributed by atoms with van der Waals surface area (Å²) in [7, 11) is 0. The normalized spacial score (nSPS) is 17.0. The van der Waals surface area contributed by atoms with Crippen LogP contribution in [0.2, 0.25) is 0 Å². The number of nitrogens with zero attached hydrogens (tertiary/aromatic N) is 1. The molecule has 5 nitrogen and oxygen atoms in total. The summed E-state index contributed by atoms with van der Waals surface area (Å²) in [6, 6.07) is 0. The Morgan fingerprint density at radius 1 is 1.69 bits per heavy atom. The molecule has 0 heterocycles. The average Bonchev–Trinajstić information content (AvgIpc) is 2.11. The molecular formula is C10H17FN3O2. The Labute approximate surface area is 94.0 Å². The van der Waals surface area contributed by atoms with E-state index in [9.17, 15) is 9.18 Å². The van der Waals surface area contributed by atoms with Crippen LogP contribution in [0.3, 0.4) is 0 Å². The summed E-state index contributed by atoms with van der Waals surface area (Å²) in [5, 5.41) is 8.60. The van der Waals surface area contributed by atoms with Crippen LogP contribution < -0.4 is 11.5 Å². The molecule has 6 heteroatoms. The van der Waals surface area contributed by atoms with Crippen molar-refractivity contribution in [3.8, 4) is 0 Å². The quantitative estimate of drug-likeness (QED) is 0.406. The standard InChI is InChI=1S/C10H17FN3O2/c1-7(12)14-5-3-4-8(11)6-10(2,13)9(15)16/h6,13H,3-5H2,1-2H3,(H2,12,14)(H,15,16)/b8-6-/t10-/m0/s1. The highest BCUT2D eigenvalue weighted by Gasteiger charge is 2.26. The molecule has 0 fully saturated rings. The summed E-state index contributed by atoms with van der Waals surface area (Å²) in [5.74, 6) is -1.55. The van der Waals surface area contributed by atoms with Crippen molar-refractivity contribution in [1.29, 1.82) is 0 Å². The molecule has 0 rings (SSSR count). The number of hydrogen-bond donors (Lipinski definition) is 2. The Morgan fingerprint density at radius 3 is 2.69 bits per heavy atom. The maximum atomic E-state index is 13.2. The molecule has 0 unspecified atom stereocenters. The summed E-state index contributed by atoms with van der Waals surface area (Å²) in [4.78, 5) is 14.4. The van der Waals surface area contributed by atoms with Crippen molar-refractivity contribution < 1.29 is 14.3 Å². The Hall–Kier alpha value is -1.43. The van der Waals surface area contributed by atoms with Gasteiger partial charge in [0.15, 0.2) is 0 Å². The van der Waals surface area contributed by atoms with Gasteiger partial charge in [-0.05, 0) is 26.3 Å². The fourth-order valence-corrected chi connectivity index (χ4v) is 0.950. The van der Waals surface area contributed by atoms with Crippen molar-refractivity contribution in [2.24, 2.45) is 10.7 Å². The lowest BCUT2D eigenvalue weighted by Gasteiger charge is -2.12. The molecule has 0 amide bonds. The number of aliphatic carboxylic acids is 1. The van der Waals surface area contributed by atoms with E-state index < -0.39 is 17.3 Å². The second kappa shape index (κ2) is 6.22. The number of carboxylic acids is 1. The molecule has 0 bridgehead atoms. The number of aliphatic imine (C=N–C) groups is 1. The van der Waals surface area contributed by atoms with Crippen molar-refractivity contribution in [3.63, 3.8) is 0 Å². The van der Waals surface area contributed by atoms with Crippen LogP contribution in [0.1, 0.15) is 26.7 Å². The van der Waals surface area contributed by atoms with Crippen LogP contribution >= 0.6 is 0 Å². The molecule has 0 aliphatic carbocycles. The smallest absolute Gasteiger partial charge is 0.329 e. The number of rotatable bonds is 6. The molecule has 1 radical (unpaired) electrons. The van der Waals surface area contributed by atoms with Crippen molar-refractivity contribution in [3.05, 3.63) is 11.9 Å². The predicted molar refractivity (Wildman–Crippen MR) is 59.7 cm³/mol. The van der Waals surface area contributed by atoms with Crippen LogP contribution in [0.15, 0.2) is 16.9 Å². The number of nitrogens with two attached hydrogens (primary N) is 1. The zero-order chi connectivity index (χ0) is 12.8. The molecule has 0 aliphatic rings. The predicted octanol–water partition coefficient (Wildman–Crippen LogP) is 1.12. The number of carbonyl (C=O) groups is 1. The van der Waals surface area contributed by atoms with Crippen LogP contribution in [0.5, 0.6) is 0 Å². The first-order chi connectivity index (χ1) is 7.25. The topological polar surface area (TPSA) is 99.5 Å². The summed E-state index contributed by atoms with van der Waals surface area (Å²) < 4.78 is 13.2. The number of amidine groups is 1. The van der Waals surface area contributed by atoms with E-state index in [2.05, 4.69) is 4.99 Å². The molecular weight excluding hydrogens is 213 g/mol. The van der Waals surface area contributed by atoms with Gasteiger partial charge in [-0.2, -0.15) is 0 Å². The lowest BCUT2D eigenvalue weighted by atomic mass is 10.0. The molecule has 0 saturated heterocycles. The third kappa shape index (κ3) is 6.13. The molecule has 91 valence electrons. The van der Waals surface area contributed by atoms with Gasteiger partial charge in [-0.15, -0.1) is 0 Å². The maximum absolute atomic E-state index is 13.2. The molecule has 1 atom stereocenters. The Bertz CT molecular complexity index is 307. The third-order valence-electron chi connectivity index (χ3n) is 1.82. The number of carboxylic acid groups (broad SMARTS) is 1. The molecule has 0 aliphatic heterocycles. The highest BCUT2D eigenvalue weighted by Crippen LogP contribution is 2.13. The Morgan fingerprint density at radius 2 is 2.25 bits per heavy atom. The van der Waals surface area contributed by atoms with Crippen LogP contribution in [-0.4, -0.2) is 29.0 Å². The number of halogens is 1. The van der Waals surface area contributed by atoms with Gasteiger partial charge >= 0.3 is 5.97 Å². The minimum absolute atomic E-state index is 0.0680. The summed E-state index contributed by atoms with van der Waals surface area (Å²) >= 11 is 0. The zero-order valence-corrected chi connectivity index (χ0v) is 9.46. The fraction of sp³-hybridized carbons (Fsp3) is 0.600. The van der Waals surface area contributed by atoms with Crippen molar-refractivity contribution in [2.45, 2.75) is 32.2 Å². The van der Waals surface area contributed by atoms with Gasteiger partial charge in [0, 0.05) is 13.0 Å². The highest BCUT2D eigenvalue weighted by atomic mass is 19.1. The van der Waals surface area contributed by atoms with Gasteiger partial charge in [-0.3, -0.25) is 4.99 Å². The van der Waals surface area contributed by atoms with E-state index in [1.165, 1.54) is 0 Å². The van der Waals surface area contributed by atoms with Gasteiger partial charge in [0.25, 0.3) is 0 Å². The number of nitrogens with one attached hydrogen (secondary N) is 1. The van der Waals surface area contributed by atoms with E-state index in [1.807, 2.05) is 0 Å². The minimum Gasteiger partial charge on any atom is -0.480 e. The molecule has 0 aromatic heterocycles. The van der Waals surface area contributed by atoms with E-state index in [4.69, 9.17) is 16.6 Å². The third-order valence-corrected chi connectivity index (χ3v) is 1.82. The molecule has 0 aromatic carbocycles. The van der Waals surface area contributed by atoms with Crippen LogP contribution in [0.4, 0.5) is 4.39 Å². The van der Waals surface area contributed by atoms with E-state index >= 15 is 0 Å². The summed E-state index contributed by atoms with van der Waals surface area (Å²) in [6.45, 7) is 3.15. The first kappa shape index (κ1) is 14.6. The van der Waals surface area contributed by atoms with Gasteiger partial charge in [-0.1, -0.05) is 0 Å². The van der Waals surface area contributed by atoms with Crippen LogP contribution in [0, 0.1) is 0 Å². The lowest BCUT2D eigenvalue weighted by molar-refractivity contribution is -0.141. The summed E-state index contributed by atoms with van der Waals surface area (Å²) in [6.07, 6.45) is 1.31. The van der Waals surface area contributed by atoms with E-state index in [-0.39, 0.29) is 6.42 Å². The van der Waals surface area contributed by atoms with Gasteiger partial charge < -0.3 is 10.8 Å². The zero-order valence-electron chi connectivity index (χ0n) is 9.46. The molecule has 0 spiro atoms. The molecule has 0 aromatic rings. The second-order valence-corrected chi connectivity index (χ2v) is 3.73. The van der Waals surface area contributed by atoms with E-state index in [0.29, 0.717) is 18.8 Å². The maximum Gasteiger partial charge on any atom is 0.329 e. The van der Waals surface area contributed by atoms with Crippen LogP contribution in [-0.2, 0) is 4.79 Å². The number of allylic oxidation sites excluding steroid dienone is 1. The van der Waals surface area contributed by atoms with Gasteiger partial charge in [-0.25, -0.2) is 14.9 Å². The van der Waals surface area contributed by atoms with E-state index in [1.54, 1.807) is 6.92 Å². The number of hydrogen-bond acceptors (Lipinski definition) is 2. The lowest BCUT2D eigenvalue weighted by Crippen LogP contribution is -2.34. The van der Waals surface area contributed by atoms with E-state index in [0.717, 1.165) is 13.0 Å². The average molecular weight is 230 g/mol. The Kier molecular flexibility index (Phi) is 5.66. The van der Waals surface area contributed by atoms with Crippen molar-refractivity contribution >= 4 is 11.8 Å². The Balaban J connectivity index is 4.16. The van der Waals surface area contributed by atoms with Crippen LogP contribution in [0.25, 0.3) is 0 Å². The minimum atomic E-state index is -1.92. The molecule has 4 N–H and O–H groups in total. The molecule has 0 saturated carbocycles. The SMILES string of the molecule is CC(N)=NCCC/C(F)=C/[C@](C)([NH])C(=O)O. The first-order valence-corrected chi connectivity index (χ1v) is 4.88. The van der Waals surface area contributed by atoms with Gasteiger partial charge in [0.1, 0.15) is 5.54 Å². The van der Waals surface area contributed by atoms with Gasteiger partial charge in [0.05, 0.1) is 11.7 Å².